The highest BCUT2D eigenvalue weighted by Gasteiger charge is 2.43. The Morgan fingerprint density at radius 3 is 2.71 bits per heavy atom. The zero-order valence-electron chi connectivity index (χ0n) is 11.8. The van der Waals surface area contributed by atoms with E-state index in [1.54, 1.807) is 6.07 Å². The van der Waals surface area contributed by atoms with Crippen molar-refractivity contribution in [2.24, 2.45) is 5.41 Å². The summed E-state index contributed by atoms with van der Waals surface area (Å²) >= 11 is 0. The fraction of sp³-hybridized carbons (Fsp3) is 0.533. The fourth-order valence-corrected chi connectivity index (χ4v) is 3.26. The molecule has 1 amide bonds. The molecule has 1 aromatic rings. The molecule has 2 aliphatic heterocycles. The minimum absolute atomic E-state index is 0.114. The minimum atomic E-state index is -0.703. The van der Waals surface area contributed by atoms with Gasteiger partial charge in [-0.1, -0.05) is 6.07 Å². The van der Waals surface area contributed by atoms with Crippen LogP contribution in [0.2, 0.25) is 0 Å². The molecule has 0 saturated carbocycles. The number of hydroxylamine groups is 1. The van der Waals surface area contributed by atoms with Crippen LogP contribution in [0, 0.1) is 11.2 Å². The third kappa shape index (κ3) is 2.92. The highest BCUT2D eigenvalue weighted by atomic mass is 19.1. The molecular formula is C15H19FN2O3. The van der Waals surface area contributed by atoms with Crippen molar-refractivity contribution >= 4 is 5.91 Å². The van der Waals surface area contributed by atoms with E-state index in [1.165, 1.54) is 11.5 Å². The lowest BCUT2D eigenvalue weighted by atomic mass is 9.73. The predicted octanol–water partition coefficient (Wildman–Crippen LogP) is 1.56. The van der Waals surface area contributed by atoms with Gasteiger partial charge in [-0.05, 0) is 25.0 Å². The second kappa shape index (κ2) is 5.71. The zero-order valence-corrected chi connectivity index (χ0v) is 11.8. The maximum absolute atomic E-state index is 14.0. The van der Waals surface area contributed by atoms with E-state index in [1.807, 2.05) is 0 Å². The van der Waals surface area contributed by atoms with Crippen molar-refractivity contribution in [1.29, 1.82) is 0 Å². The number of amides is 1. The lowest BCUT2D eigenvalue weighted by Crippen LogP contribution is -2.57. The first-order valence-corrected chi connectivity index (χ1v) is 7.15. The van der Waals surface area contributed by atoms with Crippen molar-refractivity contribution in [3.8, 4) is 0 Å². The number of nitrogens with one attached hydrogen (secondary N) is 1. The van der Waals surface area contributed by atoms with E-state index >= 15 is 0 Å². The summed E-state index contributed by atoms with van der Waals surface area (Å²) in [7, 11) is 0. The first-order chi connectivity index (χ1) is 10.1. The van der Waals surface area contributed by atoms with Crippen molar-refractivity contribution in [3.63, 3.8) is 0 Å². The molecule has 2 fully saturated rings. The van der Waals surface area contributed by atoms with Crippen molar-refractivity contribution in [2.75, 3.05) is 26.3 Å². The van der Waals surface area contributed by atoms with Gasteiger partial charge < -0.3 is 4.74 Å². The van der Waals surface area contributed by atoms with E-state index in [2.05, 4.69) is 4.90 Å². The van der Waals surface area contributed by atoms with E-state index in [4.69, 9.17) is 9.94 Å². The van der Waals surface area contributed by atoms with Gasteiger partial charge in [-0.25, -0.2) is 9.87 Å². The van der Waals surface area contributed by atoms with Gasteiger partial charge in [0.25, 0.3) is 5.91 Å². The summed E-state index contributed by atoms with van der Waals surface area (Å²) in [4.78, 5) is 13.4. The van der Waals surface area contributed by atoms with Crippen LogP contribution in [0.25, 0.3) is 0 Å². The van der Waals surface area contributed by atoms with Crippen LogP contribution in [0.15, 0.2) is 18.2 Å². The summed E-state index contributed by atoms with van der Waals surface area (Å²) < 4.78 is 19.4. The number of likely N-dealkylation sites (tertiary alicyclic amines) is 1. The Kier molecular flexibility index (Phi) is 3.93. The van der Waals surface area contributed by atoms with Gasteiger partial charge in [0, 0.05) is 49.4 Å². The van der Waals surface area contributed by atoms with E-state index in [9.17, 15) is 9.18 Å². The van der Waals surface area contributed by atoms with Crippen molar-refractivity contribution < 1.29 is 19.1 Å². The highest BCUT2D eigenvalue weighted by molar-refractivity contribution is 5.93. The molecule has 2 N–H and O–H groups in total. The Labute approximate surface area is 122 Å². The average Bonchev–Trinajstić information content (AvgIpc) is 2.47. The predicted molar refractivity (Wildman–Crippen MR) is 73.4 cm³/mol. The molecule has 1 aromatic carbocycles. The fourth-order valence-electron chi connectivity index (χ4n) is 3.26. The molecule has 2 saturated heterocycles. The van der Waals surface area contributed by atoms with Crippen LogP contribution in [-0.4, -0.2) is 42.3 Å². The smallest absolute Gasteiger partial charge is 0.274 e. The average molecular weight is 294 g/mol. The van der Waals surface area contributed by atoms with E-state index < -0.39 is 11.7 Å². The number of ether oxygens (including phenoxy) is 1. The third-order valence-corrected chi connectivity index (χ3v) is 4.48. The van der Waals surface area contributed by atoms with Crippen molar-refractivity contribution in [2.45, 2.75) is 19.4 Å². The number of carbonyl (C=O) groups excluding carboxylic acids is 1. The molecule has 5 nitrogen and oxygen atoms in total. The Balaban J connectivity index is 1.60. The summed E-state index contributed by atoms with van der Waals surface area (Å²) in [5.41, 5.74) is 2.56. The monoisotopic (exact) mass is 294 g/mol. The van der Waals surface area contributed by atoms with Crippen LogP contribution in [0.1, 0.15) is 28.8 Å². The highest BCUT2D eigenvalue weighted by Crippen LogP contribution is 2.40. The van der Waals surface area contributed by atoms with Crippen LogP contribution in [0.4, 0.5) is 4.39 Å². The van der Waals surface area contributed by atoms with Gasteiger partial charge >= 0.3 is 0 Å². The molecule has 6 heteroatoms. The van der Waals surface area contributed by atoms with Crippen LogP contribution in [0.5, 0.6) is 0 Å². The van der Waals surface area contributed by atoms with Crippen LogP contribution in [-0.2, 0) is 11.3 Å². The number of carbonyl (C=O) groups is 1. The van der Waals surface area contributed by atoms with Gasteiger partial charge in [0.2, 0.25) is 0 Å². The quantitative estimate of drug-likeness (QED) is 0.656. The Bertz CT molecular complexity index is 536. The molecule has 0 aliphatic carbocycles. The first kappa shape index (κ1) is 14.4. The molecule has 3 rings (SSSR count). The number of rotatable bonds is 3. The molecule has 2 heterocycles. The molecule has 21 heavy (non-hydrogen) atoms. The first-order valence-electron chi connectivity index (χ1n) is 7.15. The molecule has 0 radical (unpaired) electrons. The summed E-state index contributed by atoms with van der Waals surface area (Å²) in [5.74, 6) is -1.12. The molecule has 0 unspecified atom stereocenters. The number of hydrogen-bond acceptors (Lipinski definition) is 4. The van der Waals surface area contributed by atoms with Gasteiger partial charge in [-0.2, -0.15) is 0 Å². The number of benzene rings is 1. The Morgan fingerprint density at radius 2 is 2.10 bits per heavy atom. The van der Waals surface area contributed by atoms with Crippen LogP contribution in [0.3, 0.4) is 0 Å². The Morgan fingerprint density at radius 1 is 1.38 bits per heavy atom. The number of nitrogens with zero attached hydrogens (tertiary/aromatic N) is 1. The second-order valence-electron chi connectivity index (χ2n) is 6.00. The maximum Gasteiger partial charge on any atom is 0.274 e. The number of halogens is 1. The van der Waals surface area contributed by atoms with Gasteiger partial charge in [0.15, 0.2) is 0 Å². The SMILES string of the molecule is O=C(NO)c1ccc(CN2CC3(CCOCC3)C2)c(F)c1. The summed E-state index contributed by atoms with van der Waals surface area (Å²) in [6, 6.07) is 4.29. The van der Waals surface area contributed by atoms with Crippen molar-refractivity contribution in [3.05, 3.63) is 35.1 Å². The van der Waals surface area contributed by atoms with E-state index in [-0.39, 0.29) is 5.56 Å². The van der Waals surface area contributed by atoms with Gasteiger partial charge in [0.05, 0.1) is 0 Å². The number of hydrogen-bond donors (Lipinski definition) is 2. The largest absolute Gasteiger partial charge is 0.381 e. The summed E-state index contributed by atoms with van der Waals surface area (Å²) in [6.45, 7) is 4.17. The van der Waals surface area contributed by atoms with E-state index in [0.717, 1.165) is 45.2 Å². The maximum atomic E-state index is 14.0. The molecule has 1 spiro atoms. The van der Waals surface area contributed by atoms with Gasteiger partial charge in [-0.3, -0.25) is 14.9 Å². The Hall–Kier alpha value is -1.50. The minimum Gasteiger partial charge on any atom is -0.381 e. The normalized spacial score (nSPS) is 21.0. The summed E-state index contributed by atoms with van der Waals surface area (Å²) in [6.07, 6.45) is 2.17. The topological polar surface area (TPSA) is 61.8 Å². The third-order valence-electron chi connectivity index (χ3n) is 4.48. The van der Waals surface area contributed by atoms with Crippen LogP contribution < -0.4 is 5.48 Å². The van der Waals surface area contributed by atoms with Crippen molar-refractivity contribution in [1.82, 2.24) is 10.4 Å². The van der Waals surface area contributed by atoms with E-state index in [0.29, 0.717) is 17.5 Å². The van der Waals surface area contributed by atoms with Gasteiger partial charge in [-0.15, -0.1) is 0 Å². The standard InChI is InChI=1S/C15H19FN2O3/c16-13-7-11(14(19)17-20)1-2-12(13)8-18-9-15(10-18)3-5-21-6-4-15/h1-2,7,20H,3-6,8-10H2,(H,17,19). The van der Waals surface area contributed by atoms with Gasteiger partial charge in [0.1, 0.15) is 5.82 Å². The molecule has 0 atom stereocenters. The second-order valence-corrected chi connectivity index (χ2v) is 6.00. The summed E-state index contributed by atoms with van der Waals surface area (Å²) in [5, 5.41) is 8.54. The molecule has 0 bridgehead atoms. The molecule has 114 valence electrons. The zero-order chi connectivity index (χ0) is 14.9. The lowest BCUT2D eigenvalue weighted by molar-refractivity contribution is -0.0841. The molecule has 0 aromatic heterocycles. The lowest BCUT2D eigenvalue weighted by Gasteiger charge is -2.52. The molecule has 2 aliphatic rings. The molecular weight excluding hydrogens is 275 g/mol. The van der Waals surface area contributed by atoms with Crippen LogP contribution >= 0.6 is 0 Å².